The van der Waals surface area contributed by atoms with Crippen LogP contribution in [0.4, 0.5) is 0 Å². The minimum Gasteiger partial charge on any atom is -0.457 e. The van der Waals surface area contributed by atoms with Crippen molar-refractivity contribution in [2.45, 2.75) is 6.54 Å². The van der Waals surface area contributed by atoms with Crippen LogP contribution < -0.4 is 15.8 Å². The van der Waals surface area contributed by atoms with E-state index in [4.69, 9.17) is 15.2 Å². The number of nitrogens with one attached hydrogen (secondary N) is 1. The Morgan fingerprint density at radius 1 is 1.09 bits per heavy atom. The summed E-state index contributed by atoms with van der Waals surface area (Å²) in [5, 5.41) is 2.98. The van der Waals surface area contributed by atoms with Gasteiger partial charge in [0, 0.05) is 19.2 Å². The van der Waals surface area contributed by atoms with Gasteiger partial charge in [0.2, 0.25) is 0 Å². The van der Waals surface area contributed by atoms with Gasteiger partial charge in [-0.25, -0.2) is 4.99 Å². The van der Waals surface area contributed by atoms with Crippen molar-refractivity contribution in [1.29, 1.82) is 0 Å². The first kappa shape index (κ1) is 19.2. The number of rotatable bonds is 7. The van der Waals surface area contributed by atoms with Crippen LogP contribution in [0.5, 0.6) is 11.5 Å². The number of methoxy groups -OCH3 is 1. The first-order valence-corrected chi connectivity index (χ1v) is 7.13. The lowest BCUT2D eigenvalue weighted by molar-refractivity contribution is 0.204. The molecule has 0 unspecified atom stereocenters. The molecule has 0 aliphatic rings. The topological polar surface area (TPSA) is 68.9 Å². The lowest BCUT2D eigenvalue weighted by Crippen LogP contribution is -2.34. The molecule has 0 atom stereocenters. The third-order valence-corrected chi connectivity index (χ3v) is 2.98. The molecule has 0 aliphatic heterocycles. The molecule has 0 spiro atoms. The van der Waals surface area contributed by atoms with E-state index in [0.717, 1.165) is 17.1 Å². The second-order valence-electron chi connectivity index (χ2n) is 4.64. The molecule has 6 heteroatoms. The van der Waals surface area contributed by atoms with Gasteiger partial charge in [-0.05, 0) is 18.2 Å². The molecule has 0 fully saturated rings. The van der Waals surface area contributed by atoms with Crippen molar-refractivity contribution >= 4 is 29.9 Å². The number of nitrogens with zero attached hydrogens (tertiary/aromatic N) is 1. The van der Waals surface area contributed by atoms with Crippen LogP contribution in [-0.4, -0.2) is 26.2 Å². The van der Waals surface area contributed by atoms with Crippen molar-refractivity contribution in [1.82, 2.24) is 5.32 Å². The van der Waals surface area contributed by atoms with E-state index in [0.29, 0.717) is 25.7 Å². The van der Waals surface area contributed by atoms with Gasteiger partial charge in [0.1, 0.15) is 11.5 Å². The Balaban J connectivity index is 0.00000264. The minimum atomic E-state index is 0. The van der Waals surface area contributed by atoms with Gasteiger partial charge in [-0.1, -0.05) is 36.4 Å². The lowest BCUT2D eigenvalue weighted by Gasteiger charge is -2.10. The third kappa shape index (κ3) is 6.87. The van der Waals surface area contributed by atoms with E-state index < -0.39 is 0 Å². The highest BCUT2D eigenvalue weighted by Crippen LogP contribution is 2.25. The van der Waals surface area contributed by atoms with E-state index in [9.17, 15) is 0 Å². The molecular weight excluding hydrogens is 405 g/mol. The van der Waals surface area contributed by atoms with Crippen molar-refractivity contribution < 1.29 is 9.47 Å². The molecule has 124 valence electrons. The van der Waals surface area contributed by atoms with Crippen LogP contribution in [0.3, 0.4) is 0 Å². The number of nitrogens with two attached hydrogens (primary N) is 1. The van der Waals surface area contributed by atoms with Gasteiger partial charge in [-0.3, -0.25) is 0 Å². The summed E-state index contributed by atoms with van der Waals surface area (Å²) in [5.74, 6) is 1.97. The van der Waals surface area contributed by atoms with E-state index >= 15 is 0 Å². The molecule has 23 heavy (non-hydrogen) atoms. The molecule has 0 saturated carbocycles. The van der Waals surface area contributed by atoms with Crippen molar-refractivity contribution in [2.75, 3.05) is 20.3 Å². The summed E-state index contributed by atoms with van der Waals surface area (Å²) in [7, 11) is 1.65. The predicted octanol–water partition coefficient (Wildman–Crippen LogP) is 3.15. The Labute approximate surface area is 153 Å². The first-order valence-electron chi connectivity index (χ1n) is 7.13. The molecule has 0 saturated heterocycles. The minimum absolute atomic E-state index is 0. The fourth-order valence-corrected chi connectivity index (χ4v) is 1.86. The summed E-state index contributed by atoms with van der Waals surface area (Å²) in [6.45, 7) is 1.67. The molecule has 0 heterocycles. The number of guanidine groups is 1. The standard InChI is InChI=1S/C17H21N3O2.HI/c1-21-12-11-19-17(18)20-13-14-7-5-6-10-16(14)22-15-8-3-2-4-9-15;/h2-10H,11-13H2,1H3,(H3,18,19,20);1H. The molecule has 5 nitrogen and oxygen atoms in total. The lowest BCUT2D eigenvalue weighted by atomic mass is 10.2. The largest absolute Gasteiger partial charge is 0.457 e. The summed E-state index contributed by atoms with van der Waals surface area (Å²) in [4.78, 5) is 4.32. The SMILES string of the molecule is COCCNC(N)=NCc1ccccc1Oc1ccccc1.I. The number of aliphatic imine (C=N–C) groups is 1. The molecule has 0 aliphatic carbocycles. The summed E-state index contributed by atoms with van der Waals surface area (Å²) >= 11 is 0. The number of ether oxygens (including phenoxy) is 2. The highest BCUT2D eigenvalue weighted by Gasteiger charge is 2.04. The van der Waals surface area contributed by atoms with Crippen molar-refractivity contribution in [2.24, 2.45) is 10.7 Å². The number of hydrogen-bond acceptors (Lipinski definition) is 3. The van der Waals surface area contributed by atoms with E-state index in [1.165, 1.54) is 0 Å². The van der Waals surface area contributed by atoms with E-state index in [1.807, 2.05) is 54.6 Å². The molecule has 2 aromatic carbocycles. The highest BCUT2D eigenvalue weighted by atomic mass is 127. The van der Waals surface area contributed by atoms with E-state index in [-0.39, 0.29) is 24.0 Å². The van der Waals surface area contributed by atoms with Gasteiger partial charge in [-0.15, -0.1) is 24.0 Å². The Morgan fingerprint density at radius 2 is 1.78 bits per heavy atom. The normalized spacial score (nSPS) is 10.7. The fraction of sp³-hybridized carbons (Fsp3) is 0.235. The van der Waals surface area contributed by atoms with Crippen molar-refractivity contribution in [3.63, 3.8) is 0 Å². The smallest absolute Gasteiger partial charge is 0.189 e. The maximum absolute atomic E-state index is 5.89. The van der Waals surface area contributed by atoms with Crippen molar-refractivity contribution in [3.8, 4) is 11.5 Å². The third-order valence-electron chi connectivity index (χ3n) is 2.98. The summed E-state index contributed by atoms with van der Waals surface area (Å²) < 4.78 is 10.8. The Bertz CT molecular complexity index is 606. The zero-order valence-corrected chi connectivity index (χ0v) is 15.4. The van der Waals surface area contributed by atoms with Gasteiger partial charge < -0.3 is 20.5 Å². The predicted molar refractivity (Wildman–Crippen MR) is 104 cm³/mol. The molecule has 0 aromatic heterocycles. The van der Waals surface area contributed by atoms with E-state index in [2.05, 4.69) is 10.3 Å². The van der Waals surface area contributed by atoms with Crippen LogP contribution in [0, 0.1) is 0 Å². The number of halogens is 1. The van der Waals surface area contributed by atoms with Crippen LogP contribution in [0.1, 0.15) is 5.56 Å². The van der Waals surface area contributed by atoms with Crippen LogP contribution in [0.25, 0.3) is 0 Å². The average Bonchev–Trinajstić information content (AvgIpc) is 2.55. The Hall–Kier alpha value is -1.80. The molecule has 0 bridgehead atoms. The van der Waals surface area contributed by atoms with Gasteiger partial charge in [0.25, 0.3) is 0 Å². The maximum Gasteiger partial charge on any atom is 0.189 e. The zero-order valence-electron chi connectivity index (χ0n) is 13.1. The van der Waals surface area contributed by atoms with Crippen molar-refractivity contribution in [3.05, 3.63) is 60.2 Å². The maximum atomic E-state index is 5.89. The summed E-state index contributed by atoms with van der Waals surface area (Å²) in [6.07, 6.45) is 0. The van der Waals surface area contributed by atoms with E-state index in [1.54, 1.807) is 7.11 Å². The molecule has 2 rings (SSSR count). The van der Waals surface area contributed by atoms with Crippen LogP contribution in [-0.2, 0) is 11.3 Å². The summed E-state index contributed by atoms with van der Waals surface area (Å²) in [6, 6.07) is 17.5. The molecule has 0 radical (unpaired) electrons. The summed E-state index contributed by atoms with van der Waals surface area (Å²) in [5.41, 5.74) is 6.78. The second-order valence-corrected chi connectivity index (χ2v) is 4.64. The number of para-hydroxylation sites is 2. The molecule has 2 aromatic rings. The number of hydrogen-bond donors (Lipinski definition) is 2. The van der Waals surface area contributed by atoms with Gasteiger partial charge >= 0.3 is 0 Å². The molecule has 3 N–H and O–H groups in total. The quantitative estimate of drug-likeness (QED) is 0.308. The monoisotopic (exact) mass is 427 g/mol. The number of benzene rings is 2. The Morgan fingerprint density at radius 3 is 2.52 bits per heavy atom. The van der Waals surface area contributed by atoms with Crippen LogP contribution in [0.2, 0.25) is 0 Å². The van der Waals surface area contributed by atoms with Gasteiger partial charge in [0.15, 0.2) is 5.96 Å². The van der Waals surface area contributed by atoms with Gasteiger partial charge in [-0.2, -0.15) is 0 Å². The van der Waals surface area contributed by atoms with Crippen LogP contribution >= 0.6 is 24.0 Å². The zero-order chi connectivity index (χ0) is 15.6. The highest BCUT2D eigenvalue weighted by molar-refractivity contribution is 14.0. The first-order chi connectivity index (χ1) is 10.8. The average molecular weight is 427 g/mol. The fourth-order valence-electron chi connectivity index (χ4n) is 1.86. The second kappa shape index (κ2) is 10.8. The molecular formula is C17H22IN3O2. The van der Waals surface area contributed by atoms with Crippen LogP contribution in [0.15, 0.2) is 59.6 Å². The Kier molecular flexibility index (Phi) is 9.08. The molecule has 0 amide bonds. The van der Waals surface area contributed by atoms with Gasteiger partial charge in [0.05, 0.1) is 13.2 Å².